The lowest BCUT2D eigenvalue weighted by Gasteiger charge is -2.36. The zero-order valence-electron chi connectivity index (χ0n) is 12.1. The summed E-state index contributed by atoms with van der Waals surface area (Å²) >= 11 is 0. The van der Waals surface area contributed by atoms with Crippen LogP contribution in [0.25, 0.3) is 0 Å². The Labute approximate surface area is 121 Å². The average molecular weight is 305 g/mol. The van der Waals surface area contributed by atoms with Crippen LogP contribution in [-0.4, -0.2) is 18.2 Å². The summed E-state index contributed by atoms with van der Waals surface area (Å²) in [6.45, 7) is 4.57. The second-order valence-electron chi connectivity index (χ2n) is 5.98. The quantitative estimate of drug-likeness (QED) is 0.855. The maximum absolute atomic E-state index is 13.0. The summed E-state index contributed by atoms with van der Waals surface area (Å²) in [5.74, 6) is -0.877. The van der Waals surface area contributed by atoms with Crippen molar-refractivity contribution in [3.63, 3.8) is 0 Å². The molecule has 0 saturated carbocycles. The molecule has 0 amide bonds. The van der Waals surface area contributed by atoms with E-state index < -0.39 is 17.6 Å². The fraction of sp³-hybridized carbons (Fsp3) is 0.600. The van der Waals surface area contributed by atoms with Crippen LogP contribution in [0.5, 0.6) is 0 Å². The van der Waals surface area contributed by atoms with Crippen molar-refractivity contribution in [3.05, 3.63) is 35.1 Å². The van der Waals surface area contributed by atoms with Crippen molar-refractivity contribution in [1.82, 2.24) is 5.32 Å². The highest BCUT2D eigenvalue weighted by Crippen LogP contribution is 2.33. The van der Waals surface area contributed by atoms with Gasteiger partial charge in [-0.2, -0.15) is 13.2 Å². The van der Waals surface area contributed by atoms with Gasteiger partial charge in [0.15, 0.2) is 0 Å². The molecule has 1 aromatic carbocycles. The zero-order valence-corrected chi connectivity index (χ0v) is 12.1. The number of hydrogen-bond donors (Lipinski definition) is 1. The van der Waals surface area contributed by atoms with E-state index in [1.54, 1.807) is 0 Å². The van der Waals surface area contributed by atoms with Gasteiger partial charge in [-0.3, -0.25) is 0 Å². The molecule has 1 atom stereocenters. The average Bonchev–Trinajstić information content (AvgIpc) is 2.35. The Hall–Kier alpha value is -1.14. The zero-order chi connectivity index (χ0) is 15.7. The largest absolute Gasteiger partial charge is 0.416 e. The van der Waals surface area contributed by atoms with Gasteiger partial charge in [0.2, 0.25) is 0 Å². The van der Waals surface area contributed by atoms with Crippen LogP contribution in [0.3, 0.4) is 0 Å². The van der Waals surface area contributed by atoms with E-state index in [1.807, 2.05) is 13.8 Å². The Kier molecular flexibility index (Phi) is 4.58. The smallest absolute Gasteiger partial charge is 0.375 e. The van der Waals surface area contributed by atoms with E-state index in [2.05, 4.69) is 5.32 Å². The molecule has 1 aromatic rings. The molecule has 6 heteroatoms. The van der Waals surface area contributed by atoms with Gasteiger partial charge in [-0.15, -0.1) is 0 Å². The maximum atomic E-state index is 13.0. The summed E-state index contributed by atoms with van der Waals surface area (Å²) in [5.41, 5.74) is -1.12. The van der Waals surface area contributed by atoms with E-state index in [4.69, 9.17) is 4.74 Å². The highest BCUT2D eigenvalue weighted by Gasteiger charge is 2.34. The van der Waals surface area contributed by atoms with E-state index in [0.29, 0.717) is 12.7 Å². The molecule has 21 heavy (non-hydrogen) atoms. The van der Waals surface area contributed by atoms with Crippen LogP contribution in [0.4, 0.5) is 17.6 Å². The second-order valence-corrected chi connectivity index (χ2v) is 5.98. The Bertz CT molecular complexity index is 499. The Morgan fingerprint density at radius 2 is 2.05 bits per heavy atom. The fourth-order valence-electron chi connectivity index (χ4n) is 2.63. The van der Waals surface area contributed by atoms with Crippen LogP contribution in [-0.2, 0) is 17.5 Å². The maximum Gasteiger partial charge on any atom is 0.416 e. The highest BCUT2D eigenvalue weighted by molar-refractivity contribution is 5.30. The second kappa shape index (κ2) is 5.93. The molecule has 0 aromatic heterocycles. The molecule has 1 saturated heterocycles. The van der Waals surface area contributed by atoms with Crippen molar-refractivity contribution in [2.75, 3.05) is 6.61 Å². The van der Waals surface area contributed by atoms with Gasteiger partial charge in [0.1, 0.15) is 5.82 Å². The van der Waals surface area contributed by atoms with E-state index in [-0.39, 0.29) is 23.8 Å². The molecule has 1 heterocycles. The third-order valence-corrected chi connectivity index (χ3v) is 3.66. The summed E-state index contributed by atoms with van der Waals surface area (Å²) in [5, 5.41) is 3.12. The van der Waals surface area contributed by atoms with Crippen LogP contribution in [0, 0.1) is 5.82 Å². The highest BCUT2D eigenvalue weighted by atomic mass is 19.4. The van der Waals surface area contributed by atoms with E-state index >= 15 is 0 Å². The SMILES string of the molecule is CC1(C)CC(NCc2ccc(F)cc2C(F)(F)F)CCO1. The monoisotopic (exact) mass is 305 g/mol. The molecular weight excluding hydrogens is 286 g/mol. The van der Waals surface area contributed by atoms with Gasteiger partial charge in [-0.05, 0) is 44.4 Å². The molecule has 0 spiro atoms. The third kappa shape index (κ3) is 4.41. The first kappa shape index (κ1) is 16.2. The Balaban J connectivity index is 2.06. The number of rotatable bonds is 3. The van der Waals surface area contributed by atoms with Crippen LogP contribution in [0.15, 0.2) is 18.2 Å². The number of ether oxygens (including phenoxy) is 1. The first-order valence-electron chi connectivity index (χ1n) is 6.90. The summed E-state index contributed by atoms with van der Waals surface area (Å²) in [6.07, 6.45) is -3.06. The molecular formula is C15H19F4NO. The van der Waals surface area contributed by atoms with E-state index in [1.165, 1.54) is 6.07 Å². The van der Waals surface area contributed by atoms with Crippen molar-refractivity contribution in [3.8, 4) is 0 Å². The predicted octanol–water partition coefficient (Wildman–Crippen LogP) is 3.89. The summed E-state index contributed by atoms with van der Waals surface area (Å²) < 4.78 is 57.3. The number of hydrogen-bond acceptors (Lipinski definition) is 2. The van der Waals surface area contributed by atoms with Gasteiger partial charge < -0.3 is 10.1 Å². The van der Waals surface area contributed by atoms with Gasteiger partial charge in [-0.1, -0.05) is 6.07 Å². The number of alkyl halides is 3. The van der Waals surface area contributed by atoms with Crippen molar-refractivity contribution in [2.45, 2.75) is 51.1 Å². The van der Waals surface area contributed by atoms with Crippen LogP contribution in [0.2, 0.25) is 0 Å². The first-order valence-corrected chi connectivity index (χ1v) is 6.90. The van der Waals surface area contributed by atoms with Crippen molar-refractivity contribution in [2.24, 2.45) is 0 Å². The topological polar surface area (TPSA) is 21.3 Å². The lowest BCUT2D eigenvalue weighted by molar-refractivity contribution is -0.138. The van der Waals surface area contributed by atoms with Gasteiger partial charge in [-0.25, -0.2) is 4.39 Å². The van der Waals surface area contributed by atoms with E-state index in [0.717, 1.165) is 18.9 Å². The predicted molar refractivity (Wildman–Crippen MR) is 71.3 cm³/mol. The third-order valence-electron chi connectivity index (χ3n) is 3.66. The molecule has 1 aliphatic heterocycles. The van der Waals surface area contributed by atoms with Crippen molar-refractivity contribution in [1.29, 1.82) is 0 Å². The van der Waals surface area contributed by atoms with E-state index in [9.17, 15) is 17.6 Å². The molecule has 1 N–H and O–H groups in total. The molecule has 1 fully saturated rings. The van der Waals surface area contributed by atoms with Gasteiger partial charge in [0.05, 0.1) is 11.2 Å². The number of halogens is 4. The molecule has 1 aliphatic rings. The lowest BCUT2D eigenvalue weighted by Crippen LogP contribution is -2.43. The van der Waals surface area contributed by atoms with Gasteiger partial charge in [0, 0.05) is 19.2 Å². The first-order chi connectivity index (χ1) is 9.67. The minimum atomic E-state index is -4.55. The number of benzene rings is 1. The molecule has 0 bridgehead atoms. The Morgan fingerprint density at radius 1 is 1.33 bits per heavy atom. The number of nitrogens with one attached hydrogen (secondary N) is 1. The standard InChI is InChI=1S/C15H19F4NO/c1-14(2)8-12(5-6-21-14)20-9-10-3-4-11(16)7-13(10)15(17,18)19/h3-4,7,12,20H,5-6,8-9H2,1-2H3. The van der Waals surface area contributed by atoms with Crippen LogP contribution >= 0.6 is 0 Å². The van der Waals surface area contributed by atoms with Crippen molar-refractivity contribution < 1.29 is 22.3 Å². The summed E-state index contributed by atoms with van der Waals surface area (Å²) in [4.78, 5) is 0. The molecule has 2 nitrogen and oxygen atoms in total. The minimum absolute atomic E-state index is 0.0631. The normalized spacial score (nSPS) is 22.3. The molecule has 1 unspecified atom stereocenters. The van der Waals surface area contributed by atoms with Crippen molar-refractivity contribution >= 4 is 0 Å². The Morgan fingerprint density at radius 3 is 2.67 bits per heavy atom. The summed E-state index contributed by atoms with van der Waals surface area (Å²) in [7, 11) is 0. The molecule has 0 radical (unpaired) electrons. The fourth-order valence-corrected chi connectivity index (χ4v) is 2.63. The molecule has 0 aliphatic carbocycles. The molecule has 118 valence electrons. The van der Waals surface area contributed by atoms with Crippen LogP contribution < -0.4 is 5.32 Å². The lowest BCUT2D eigenvalue weighted by atomic mass is 9.93. The van der Waals surface area contributed by atoms with Gasteiger partial charge >= 0.3 is 6.18 Å². The minimum Gasteiger partial charge on any atom is -0.375 e. The van der Waals surface area contributed by atoms with Crippen LogP contribution in [0.1, 0.15) is 37.8 Å². The van der Waals surface area contributed by atoms with Gasteiger partial charge in [0.25, 0.3) is 0 Å². The molecule has 2 rings (SSSR count). The summed E-state index contributed by atoms with van der Waals surface area (Å²) in [6, 6.07) is 2.89.